The van der Waals surface area contributed by atoms with Gasteiger partial charge < -0.3 is 14.4 Å². The van der Waals surface area contributed by atoms with Crippen molar-refractivity contribution in [2.75, 3.05) is 45.8 Å². The number of carbonyl (C=O) groups is 2. The van der Waals surface area contributed by atoms with E-state index in [1.165, 1.54) is 0 Å². The number of piperazine rings is 1. The number of hydrogen-bond acceptors (Lipinski definition) is 4. The maximum Gasteiger partial charge on any atom is 0.264 e. The highest BCUT2D eigenvalue weighted by atomic mass is 16.2. The lowest BCUT2D eigenvalue weighted by Gasteiger charge is -2.35. The third-order valence-corrected chi connectivity index (χ3v) is 5.85. The smallest absolute Gasteiger partial charge is 0.264 e. The van der Waals surface area contributed by atoms with Crippen LogP contribution in [-0.4, -0.2) is 76.9 Å². The summed E-state index contributed by atoms with van der Waals surface area (Å²) in [5.74, 6) is -0.104. The first-order chi connectivity index (χ1) is 14.4. The molecule has 1 aromatic heterocycles. The predicted octanol–water partition coefficient (Wildman–Crippen LogP) is 2.43. The first-order valence-electron chi connectivity index (χ1n) is 10.9. The molecule has 164 valence electrons. The van der Waals surface area contributed by atoms with Gasteiger partial charge in [-0.15, -0.1) is 0 Å². The molecule has 2 amide bonds. The zero-order valence-corrected chi connectivity index (χ0v) is 19.1. The van der Waals surface area contributed by atoms with Crippen LogP contribution in [0.15, 0.2) is 11.6 Å². The number of hydrogen-bond donors (Lipinski definition) is 0. The molecule has 0 radical (unpaired) electrons. The second kappa shape index (κ2) is 11.0. The lowest BCUT2D eigenvalue weighted by Crippen LogP contribution is -2.51. The van der Waals surface area contributed by atoms with E-state index in [0.29, 0.717) is 45.8 Å². The monoisotopic (exact) mass is 413 g/mol. The van der Waals surface area contributed by atoms with E-state index < -0.39 is 0 Å². The lowest BCUT2D eigenvalue weighted by atomic mass is 10.1. The molecule has 1 fully saturated rings. The zero-order chi connectivity index (χ0) is 22.3. The van der Waals surface area contributed by atoms with Gasteiger partial charge in [0.2, 0.25) is 5.91 Å². The molecule has 1 aliphatic heterocycles. The van der Waals surface area contributed by atoms with Crippen LogP contribution in [0.5, 0.6) is 0 Å². The average Bonchev–Trinajstić information content (AvgIpc) is 3.00. The van der Waals surface area contributed by atoms with Crippen LogP contribution < -0.4 is 0 Å². The molecule has 0 bridgehead atoms. The summed E-state index contributed by atoms with van der Waals surface area (Å²) in [6.07, 6.45) is 2.75. The molecule has 1 aliphatic rings. The summed E-state index contributed by atoms with van der Waals surface area (Å²) in [7, 11) is 0. The van der Waals surface area contributed by atoms with Gasteiger partial charge in [-0.1, -0.05) is 6.92 Å². The Morgan fingerprint density at radius 2 is 1.77 bits per heavy atom. The Labute approximate surface area is 180 Å². The fraction of sp³-hybridized carbons (Fsp3) is 0.609. The summed E-state index contributed by atoms with van der Waals surface area (Å²) >= 11 is 0. The van der Waals surface area contributed by atoms with Gasteiger partial charge in [-0.3, -0.25) is 14.5 Å². The highest BCUT2D eigenvalue weighted by molar-refractivity contribution is 6.01. The van der Waals surface area contributed by atoms with Gasteiger partial charge in [-0.2, -0.15) is 5.26 Å². The van der Waals surface area contributed by atoms with Crippen LogP contribution in [0.4, 0.5) is 0 Å². The van der Waals surface area contributed by atoms with Gasteiger partial charge in [0, 0.05) is 57.2 Å². The maximum atomic E-state index is 12.9. The van der Waals surface area contributed by atoms with Gasteiger partial charge in [-0.05, 0) is 51.8 Å². The lowest BCUT2D eigenvalue weighted by molar-refractivity contribution is -0.133. The van der Waals surface area contributed by atoms with E-state index in [1.807, 2.05) is 38.7 Å². The van der Waals surface area contributed by atoms with Crippen LogP contribution in [0, 0.1) is 25.2 Å². The Kier molecular flexibility index (Phi) is 8.67. The first-order valence-corrected chi connectivity index (χ1v) is 10.9. The highest BCUT2D eigenvalue weighted by Gasteiger charge is 2.25. The topological polar surface area (TPSA) is 72.6 Å². The van der Waals surface area contributed by atoms with Crippen LogP contribution in [0.1, 0.15) is 44.1 Å². The van der Waals surface area contributed by atoms with E-state index in [2.05, 4.69) is 22.5 Å². The summed E-state index contributed by atoms with van der Waals surface area (Å²) in [5.41, 5.74) is 3.31. The van der Waals surface area contributed by atoms with Crippen molar-refractivity contribution in [1.29, 1.82) is 5.26 Å². The largest absolute Gasteiger partial charge is 0.349 e. The summed E-state index contributed by atoms with van der Waals surface area (Å²) in [6, 6.07) is 4.13. The third-order valence-electron chi connectivity index (χ3n) is 5.85. The van der Waals surface area contributed by atoms with E-state index in [1.54, 1.807) is 11.0 Å². The van der Waals surface area contributed by atoms with Crippen molar-refractivity contribution in [2.24, 2.45) is 0 Å². The molecule has 2 rings (SSSR count). The second-order valence-electron chi connectivity index (χ2n) is 7.78. The molecule has 7 heteroatoms. The zero-order valence-electron chi connectivity index (χ0n) is 19.1. The number of aryl methyl sites for hydroxylation is 1. The Morgan fingerprint density at radius 1 is 1.13 bits per heavy atom. The summed E-state index contributed by atoms with van der Waals surface area (Å²) < 4.78 is 2.22. The number of likely N-dealkylation sites (N-methyl/N-ethyl adjacent to an activating group) is 1. The van der Waals surface area contributed by atoms with Gasteiger partial charge in [0.25, 0.3) is 5.91 Å². The number of nitriles is 1. The number of aromatic nitrogens is 1. The molecule has 0 saturated carbocycles. The predicted molar refractivity (Wildman–Crippen MR) is 119 cm³/mol. The van der Waals surface area contributed by atoms with Crippen molar-refractivity contribution in [1.82, 2.24) is 19.3 Å². The molecule has 0 unspecified atom stereocenters. The minimum absolute atomic E-state index is 0.125. The second-order valence-corrected chi connectivity index (χ2v) is 7.78. The van der Waals surface area contributed by atoms with Crippen LogP contribution in [0.25, 0.3) is 6.08 Å². The molecule has 1 aromatic rings. The summed E-state index contributed by atoms with van der Waals surface area (Å²) in [5, 5.41) is 9.61. The van der Waals surface area contributed by atoms with Crippen molar-refractivity contribution in [3.05, 3.63) is 28.6 Å². The normalized spacial score (nSPS) is 15.2. The molecule has 0 aliphatic carbocycles. The average molecular weight is 414 g/mol. The molecule has 0 atom stereocenters. The molecule has 30 heavy (non-hydrogen) atoms. The number of amides is 2. The Morgan fingerprint density at radius 3 is 2.30 bits per heavy atom. The van der Waals surface area contributed by atoms with Gasteiger partial charge in [0.1, 0.15) is 11.6 Å². The first kappa shape index (κ1) is 23.7. The highest BCUT2D eigenvalue weighted by Crippen LogP contribution is 2.20. The Bertz CT molecular complexity index is 821. The molecule has 0 aromatic carbocycles. The molecular formula is C23H35N5O2. The molecule has 0 N–H and O–H groups in total. The van der Waals surface area contributed by atoms with E-state index in [9.17, 15) is 14.9 Å². The quantitative estimate of drug-likeness (QED) is 0.485. The fourth-order valence-electron chi connectivity index (χ4n) is 3.99. The van der Waals surface area contributed by atoms with Gasteiger partial charge in [-0.25, -0.2) is 0 Å². The Hall–Kier alpha value is -2.59. The minimum Gasteiger partial charge on any atom is -0.349 e. The number of nitrogens with zero attached hydrogens (tertiary/aromatic N) is 5. The SMILES string of the molecule is CCCn1c(C)cc(/C=C(\C#N)C(=O)N2CCN(CC(=O)N(CC)CC)CC2)c1C. The van der Waals surface area contributed by atoms with Crippen molar-refractivity contribution >= 4 is 17.9 Å². The number of carbonyl (C=O) groups excluding carboxylic acids is 2. The maximum absolute atomic E-state index is 12.9. The van der Waals surface area contributed by atoms with Crippen molar-refractivity contribution in [3.63, 3.8) is 0 Å². The van der Waals surface area contributed by atoms with Crippen molar-refractivity contribution < 1.29 is 9.59 Å². The van der Waals surface area contributed by atoms with Crippen molar-refractivity contribution in [3.8, 4) is 6.07 Å². The van der Waals surface area contributed by atoms with Crippen molar-refractivity contribution in [2.45, 2.75) is 47.6 Å². The van der Waals surface area contributed by atoms with E-state index >= 15 is 0 Å². The molecular weight excluding hydrogens is 378 g/mol. The van der Waals surface area contributed by atoms with E-state index in [0.717, 1.165) is 29.9 Å². The minimum atomic E-state index is -0.229. The van der Waals surface area contributed by atoms with Crippen LogP contribution >= 0.6 is 0 Å². The van der Waals surface area contributed by atoms with Crippen LogP contribution in [-0.2, 0) is 16.1 Å². The number of rotatable bonds is 8. The van der Waals surface area contributed by atoms with Gasteiger partial charge in [0.05, 0.1) is 6.54 Å². The van der Waals surface area contributed by atoms with E-state index in [-0.39, 0.29) is 17.4 Å². The van der Waals surface area contributed by atoms with Gasteiger partial charge in [0.15, 0.2) is 0 Å². The van der Waals surface area contributed by atoms with E-state index in [4.69, 9.17) is 0 Å². The molecule has 7 nitrogen and oxygen atoms in total. The molecule has 2 heterocycles. The Balaban J connectivity index is 2.03. The fourth-order valence-corrected chi connectivity index (χ4v) is 3.99. The standard InChI is InChI=1S/C23H35N5O2/c1-6-9-28-18(4)14-20(19(28)5)15-21(16-24)23(30)27-12-10-25(11-13-27)17-22(29)26(7-2)8-3/h14-15H,6-13,17H2,1-5H3/b21-15+. The molecule has 1 saturated heterocycles. The van der Waals surface area contributed by atoms with Crippen LogP contribution in [0.2, 0.25) is 0 Å². The molecule has 0 spiro atoms. The third kappa shape index (κ3) is 5.51. The van der Waals surface area contributed by atoms with Gasteiger partial charge >= 0.3 is 0 Å². The summed E-state index contributed by atoms with van der Waals surface area (Å²) in [4.78, 5) is 30.9. The van der Waals surface area contributed by atoms with Crippen LogP contribution in [0.3, 0.4) is 0 Å². The summed E-state index contributed by atoms with van der Waals surface area (Å²) in [6.45, 7) is 15.2.